The quantitative estimate of drug-likeness (QED) is 0.736. The first-order valence-corrected chi connectivity index (χ1v) is 9.25. The fourth-order valence-corrected chi connectivity index (χ4v) is 3.20. The average molecular weight is 398 g/mol. The number of amides is 1. The van der Waals surface area contributed by atoms with E-state index in [2.05, 4.69) is 10.3 Å². The van der Waals surface area contributed by atoms with Crippen molar-refractivity contribution in [1.82, 2.24) is 5.32 Å². The predicted octanol–water partition coefficient (Wildman–Crippen LogP) is 4.11. The molecule has 144 valence electrons. The van der Waals surface area contributed by atoms with Gasteiger partial charge in [0.15, 0.2) is 11.5 Å². The molecule has 1 aliphatic heterocycles. The molecule has 2 aromatic carbocycles. The second-order valence-corrected chi connectivity index (χ2v) is 6.70. The van der Waals surface area contributed by atoms with Gasteiger partial charge in [-0.25, -0.2) is 9.79 Å². The summed E-state index contributed by atoms with van der Waals surface area (Å²) in [5.74, 6) is 0.386. The molecule has 0 aromatic heterocycles. The highest BCUT2D eigenvalue weighted by Gasteiger charge is 2.23. The van der Waals surface area contributed by atoms with E-state index in [4.69, 9.17) is 9.47 Å². The van der Waals surface area contributed by atoms with Crippen molar-refractivity contribution in [3.8, 4) is 11.5 Å². The molecule has 2 aromatic rings. The summed E-state index contributed by atoms with van der Waals surface area (Å²) in [5, 5.41) is 12.2. The van der Waals surface area contributed by atoms with Gasteiger partial charge in [0.2, 0.25) is 0 Å². The Hall–Kier alpha value is -3.26. The van der Waals surface area contributed by atoms with Gasteiger partial charge < -0.3 is 19.9 Å². The molecule has 1 amide bonds. The van der Waals surface area contributed by atoms with E-state index in [-0.39, 0.29) is 11.0 Å². The molecule has 0 saturated carbocycles. The number of hydrogen-bond donors (Lipinski definition) is 2. The molecule has 3 rings (SSSR count). The topological polar surface area (TPSA) is 97.2 Å². The summed E-state index contributed by atoms with van der Waals surface area (Å²) in [6.07, 6.45) is 1.77. The van der Waals surface area contributed by atoms with Crippen molar-refractivity contribution in [1.29, 1.82) is 0 Å². The molecule has 7 nitrogen and oxygen atoms in total. The standard InChI is InChI=1S/C20H18N2O5S/c1-3-27-19(24)13-5-7-14(8-6-13)21-18-17(28-20(25)22-18)11-12-4-9-15(23)16(10-12)26-2/h4-11,23H,3H2,1-2H3,(H,21,22,25)/b17-11-. The normalized spacial score (nSPS) is 16.3. The van der Waals surface area contributed by atoms with Crippen molar-refractivity contribution in [3.05, 3.63) is 58.5 Å². The lowest BCUT2D eigenvalue weighted by atomic mass is 10.2. The van der Waals surface area contributed by atoms with Crippen molar-refractivity contribution in [3.63, 3.8) is 0 Å². The van der Waals surface area contributed by atoms with Crippen LogP contribution in [0.15, 0.2) is 52.4 Å². The molecule has 0 aliphatic carbocycles. The number of ether oxygens (including phenoxy) is 2. The van der Waals surface area contributed by atoms with Gasteiger partial charge in [-0.3, -0.25) is 4.79 Å². The molecule has 0 unspecified atom stereocenters. The first-order valence-electron chi connectivity index (χ1n) is 8.44. The molecule has 1 saturated heterocycles. The van der Waals surface area contributed by atoms with Crippen molar-refractivity contribution in [2.75, 3.05) is 13.7 Å². The minimum atomic E-state index is -0.395. The fraction of sp³-hybridized carbons (Fsp3) is 0.150. The number of esters is 1. The summed E-state index contributed by atoms with van der Waals surface area (Å²) in [7, 11) is 1.47. The molecule has 0 bridgehead atoms. The van der Waals surface area contributed by atoms with Crippen LogP contribution in [-0.4, -0.2) is 35.9 Å². The maximum Gasteiger partial charge on any atom is 0.338 e. The number of amidine groups is 1. The van der Waals surface area contributed by atoms with Gasteiger partial charge in [-0.05, 0) is 66.7 Å². The van der Waals surface area contributed by atoms with Gasteiger partial charge in [-0.2, -0.15) is 0 Å². The molecule has 28 heavy (non-hydrogen) atoms. The van der Waals surface area contributed by atoms with Gasteiger partial charge in [-0.15, -0.1) is 0 Å². The number of nitrogens with one attached hydrogen (secondary N) is 1. The maximum absolute atomic E-state index is 11.8. The first kappa shape index (κ1) is 19.5. The van der Waals surface area contributed by atoms with Crippen LogP contribution in [0.2, 0.25) is 0 Å². The average Bonchev–Trinajstić information content (AvgIpc) is 3.02. The first-order chi connectivity index (χ1) is 13.5. The van der Waals surface area contributed by atoms with Crippen LogP contribution in [0.3, 0.4) is 0 Å². The molecule has 1 fully saturated rings. The van der Waals surface area contributed by atoms with Crippen molar-refractivity contribution in [2.24, 2.45) is 4.99 Å². The van der Waals surface area contributed by atoms with E-state index in [1.165, 1.54) is 13.2 Å². The molecular formula is C20H18N2O5S. The summed E-state index contributed by atoms with van der Waals surface area (Å²) in [6, 6.07) is 11.5. The summed E-state index contributed by atoms with van der Waals surface area (Å²) < 4.78 is 10.1. The number of phenols is 1. The van der Waals surface area contributed by atoms with E-state index in [1.807, 2.05) is 0 Å². The molecular weight excluding hydrogens is 380 g/mol. The zero-order valence-corrected chi connectivity index (χ0v) is 16.1. The SMILES string of the molecule is CCOC(=O)c1ccc(N=C2NC(=O)S/C2=C\c2ccc(O)c(OC)c2)cc1. The van der Waals surface area contributed by atoms with E-state index in [0.717, 1.165) is 17.3 Å². The third kappa shape index (κ3) is 4.52. The summed E-state index contributed by atoms with van der Waals surface area (Å²) in [5.41, 5.74) is 1.77. The molecule has 1 aliphatic rings. The Bertz CT molecular complexity index is 967. The maximum atomic E-state index is 11.8. The Morgan fingerprint density at radius 2 is 2.00 bits per heavy atom. The Morgan fingerprint density at radius 3 is 2.68 bits per heavy atom. The summed E-state index contributed by atoms with van der Waals surface area (Å²) in [6.45, 7) is 2.05. The number of aliphatic imine (C=N–C) groups is 1. The fourth-order valence-electron chi connectivity index (χ4n) is 2.46. The van der Waals surface area contributed by atoms with Crippen molar-refractivity contribution in [2.45, 2.75) is 6.92 Å². The lowest BCUT2D eigenvalue weighted by molar-refractivity contribution is 0.0526. The largest absolute Gasteiger partial charge is 0.504 e. The Labute approximate surface area is 166 Å². The zero-order chi connectivity index (χ0) is 20.1. The number of carbonyl (C=O) groups is 2. The van der Waals surface area contributed by atoms with Crippen LogP contribution >= 0.6 is 11.8 Å². The van der Waals surface area contributed by atoms with E-state index in [0.29, 0.717) is 34.3 Å². The number of rotatable bonds is 5. The molecule has 1 heterocycles. The van der Waals surface area contributed by atoms with Gasteiger partial charge in [0, 0.05) is 0 Å². The van der Waals surface area contributed by atoms with Gasteiger partial charge in [0.1, 0.15) is 5.84 Å². The van der Waals surface area contributed by atoms with Gasteiger partial charge in [0.05, 0.1) is 29.9 Å². The monoisotopic (exact) mass is 398 g/mol. The van der Waals surface area contributed by atoms with Crippen LogP contribution in [0.5, 0.6) is 11.5 Å². The van der Waals surface area contributed by atoms with Crippen LogP contribution in [-0.2, 0) is 4.74 Å². The molecule has 8 heteroatoms. The van der Waals surface area contributed by atoms with Crippen LogP contribution < -0.4 is 10.1 Å². The van der Waals surface area contributed by atoms with E-state index in [1.54, 1.807) is 49.4 Å². The third-order valence-electron chi connectivity index (χ3n) is 3.78. The van der Waals surface area contributed by atoms with Crippen LogP contribution in [0.1, 0.15) is 22.8 Å². The number of carbonyl (C=O) groups excluding carboxylic acids is 2. The van der Waals surface area contributed by atoms with Gasteiger partial charge in [-0.1, -0.05) is 6.07 Å². The Balaban J connectivity index is 1.87. The smallest absolute Gasteiger partial charge is 0.338 e. The summed E-state index contributed by atoms with van der Waals surface area (Å²) in [4.78, 5) is 28.6. The third-order valence-corrected chi connectivity index (χ3v) is 4.60. The highest BCUT2D eigenvalue weighted by Crippen LogP contribution is 2.31. The number of thioether (sulfide) groups is 1. The van der Waals surface area contributed by atoms with Crippen LogP contribution in [0.4, 0.5) is 10.5 Å². The molecule has 0 atom stereocenters. The highest BCUT2D eigenvalue weighted by atomic mass is 32.2. The zero-order valence-electron chi connectivity index (χ0n) is 15.3. The minimum Gasteiger partial charge on any atom is -0.504 e. The number of aromatic hydroxyl groups is 1. The number of benzene rings is 2. The molecule has 2 N–H and O–H groups in total. The Kier molecular flexibility index (Phi) is 6.00. The Morgan fingerprint density at radius 1 is 1.25 bits per heavy atom. The number of phenolic OH excluding ortho intramolecular Hbond substituents is 1. The highest BCUT2D eigenvalue weighted by molar-refractivity contribution is 8.18. The lowest BCUT2D eigenvalue weighted by Gasteiger charge is -2.05. The number of nitrogens with zero attached hydrogens (tertiary/aromatic N) is 1. The number of methoxy groups -OCH3 is 1. The molecule has 0 spiro atoms. The molecule has 0 radical (unpaired) electrons. The van der Waals surface area contributed by atoms with Gasteiger partial charge in [0.25, 0.3) is 5.24 Å². The lowest BCUT2D eigenvalue weighted by Crippen LogP contribution is -2.18. The second kappa shape index (κ2) is 8.62. The van der Waals surface area contributed by atoms with E-state index < -0.39 is 5.97 Å². The van der Waals surface area contributed by atoms with Crippen molar-refractivity contribution >= 4 is 40.6 Å². The van der Waals surface area contributed by atoms with E-state index in [9.17, 15) is 14.7 Å². The minimum absolute atomic E-state index is 0.0357. The number of hydrogen-bond acceptors (Lipinski definition) is 7. The second-order valence-electron chi connectivity index (χ2n) is 5.68. The van der Waals surface area contributed by atoms with E-state index >= 15 is 0 Å². The summed E-state index contributed by atoms with van der Waals surface area (Å²) >= 11 is 1.02. The van der Waals surface area contributed by atoms with Gasteiger partial charge >= 0.3 is 5.97 Å². The van der Waals surface area contributed by atoms with Crippen LogP contribution in [0, 0.1) is 0 Å². The van der Waals surface area contributed by atoms with Crippen LogP contribution in [0.25, 0.3) is 6.08 Å². The van der Waals surface area contributed by atoms with Crippen molar-refractivity contribution < 1.29 is 24.2 Å². The predicted molar refractivity (Wildman–Crippen MR) is 108 cm³/mol.